The van der Waals surface area contributed by atoms with Gasteiger partial charge in [-0.15, -0.1) is 0 Å². The molecule has 3 aliphatic heterocycles. The monoisotopic (exact) mass is 913 g/mol. The summed E-state index contributed by atoms with van der Waals surface area (Å²) < 4.78 is 36.1. The van der Waals surface area contributed by atoms with Gasteiger partial charge in [0.1, 0.15) is 54.9 Å². The molecule has 0 spiro atoms. The van der Waals surface area contributed by atoms with Crippen molar-refractivity contribution < 1.29 is 84.3 Å². The first kappa shape index (κ1) is 49.0. The van der Waals surface area contributed by atoms with Gasteiger partial charge in [-0.3, -0.25) is 0 Å². The van der Waals surface area contributed by atoms with Crippen LogP contribution in [-0.2, 0) is 33.2 Å². The zero-order valence-corrected chi connectivity index (χ0v) is 38.7. The van der Waals surface area contributed by atoms with Gasteiger partial charge in [0.05, 0.1) is 24.9 Å². The Morgan fingerprint density at radius 2 is 1.39 bits per heavy atom. The third-order valence-corrected chi connectivity index (χ3v) is 19.0. The van der Waals surface area contributed by atoms with Crippen molar-refractivity contribution in [1.82, 2.24) is 0 Å². The first-order chi connectivity index (χ1) is 29.8. The molecule has 10 N–H and O–H groups in total. The zero-order chi connectivity index (χ0) is 46.9. The normalized spacial score (nSPS) is 54.6. The van der Waals surface area contributed by atoms with Gasteiger partial charge in [-0.1, -0.05) is 60.1 Å². The van der Waals surface area contributed by atoms with Crippen molar-refractivity contribution >= 4 is 5.97 Å². The second kappa shape index (κ2) is 16.9. The second-order valence-electron chi connectivity index (χ2n) is 23.2. The maximum Gasteiger partial charge on any atom is 0.335 e. The van der Waals surface area contributed by atoms with Crippen LogP contribution in [0.4, 0.5) is 0 Å². The van der Waals surface area contributed by atoms with E-state index >= 15 is 0 Å². The molecule has 7 fully saturated rings. The number of ether oxygens (including phenoxy) is 6. The molecule has 8 rings (SSSR count). The number of carboxylic acid groups (broad SMARTS) is 1. The number of aliphatic hydroxyl groups excluding tert-OH is 9. The molecule has 3 saturated heterocycles. The van der Waals surface area contributed by atoms with E-state index in [9.17, 15) is 55.9 Å². The summed E-state index contributed by atoms with van der Waals surface area (Å²) >= 11 is 0. The van der Waals surface area contributed by atoms with Gasteiger partial charge >= 0.3 is 5.97 Å². The van der Waals surface area contributed by atoms with Crippen molar-refractivity contribution in [3.8, 4) is 0 Å². The summed E-state index contributed by atoms with van der Waals surface area (Å²) in [5.41, 5.74) is -0.0886. The first-order valence-electron chi connectivity index (χ1n) is 23.7. The summed E-state index contributed by atoms with van der Waals surface area (Å²) in [4.78, 5) is 12.4. The fourth-order valence-electron chi connectivity index (χ4n) is 14.8. The van der Waals surface area contributed by atoms with Crippen LogP contribution >= 0.6 is 0 Å². The van der Waals surface area contributed by atoms with E-state index in [1.54, 1.807) is 0 Å². The lowest BCUT2D eigenvalue weighted by atomic mass is 9.33. The number of carbonyl (C=O) groups is 1. The van der Waals surface area contributed by atoms with E-state index in [0.29, 0.717) is 12.8 Å². The van der Waals surface area contributed by atoms with E-state index in [2.05, 4.69) is 54.5 Å². The predicted octanol–water partition coefficient (Wildman–Crippen LogP) is 1.34. The lowest BCUT2D eigenvalue weighted by molar-refractivity contribution is -0.386. The molecule has 8 aliphatic rings. The smallest absolute Gasteiger partial charge is 0.335 e. The molecular weight excluding hydrogens is 837 g/mol. The standard InChI is InChI=1S/C47H76O17/c1-21-29(51)31(53)34(56)39(60-21)63-36-30(52)24(49)19-59-40(36)64-37-33(55)32(54)35(38(57)58)62-41(37)61-28-12-14-47(20-48)25(43(28,4)5)11-13-46(8)26(47)10-9-22-23-17-42(2,3)18-27(50)44(23,6)15-16-45(22,46)7/h9,21,23-37,39-41,48-56H,10-20H2,1-8H3,(H,57,58)/t21-,23-,24+,25+,26-,27+,28-,29-,30-,31+,32-,33-,34+,35-,36+,37+,39-,40-,41+,44+,45+,46+,47+/m0/s1. The Morgan fingerprint density at radius 3 is 2.06 bits per heavy atom. The Balaban J connectivity index is 1.06. The molecule has 0 amide bonds. The molecule has 4 saturated carbocycles. The van der Waals surface area contributed by atoms with Crippen LogP contribution in [0.15, 0.2) is 11.6 Å². The molecule has 64 heavy (non-hydrogen) atoms. The molecule has 23 atom stereocenters. The Labute approximate surface area is 376 Å². The molecule has 0 aromatic carbocycles. The van der Waals surface area contributed by atoms with Crippen molar-refractivity contribution in [3.05, 3.63) is 11.6 Å². The minimum absolute atomic E-state index is 0.0161. The van der Waals surface area contributed by atoms with Crippen molar-refractivity contribution in [3.63, 3.8) is 0 Å². The van der Waals surface area contributed by atoms with Gasteiger partial charge in [-0.25, -0.2) is 4.79 Å². The highest BCUT2D eigenvalue weighted by molar-refractivity contribution is 5.73. The number of carboxylic acids is 1. The Morgan fingerprint density at radius 1 is 0.719 bits per heavy atom. The largest absolute Gasteiger partial charge is 0.479 e. The minimum Gasteiger partial charge on any atom is -0.479 e. The SMILES string of the molecule is C[C@@H]1O[C@@H](O[C@H]2[C@H](O[C@H]3[C@H](O[C@H]4CC[C@@]5(CO)[C@H](CC[C@]6(C)[C@@H]5CC=C5[C@@H]7CC(C)(C)C[C@@H](O)[C@]7(C)CC[C@]56C)C4(C)C)O[C@H](C(=O)O)[C@@H](O)[C@@H]3O)OC[C@@H](O)[C@@H]2O)[C@H](O)[C@H](O)[C@H]1O. The highest BCUT2D eigenvalue weighted by atomic mass is 16.8. The number of hydrogen-bond acceptors (Lipinski definition) is 16. The maximum absolute atomic E-state index is 12.4. The number of hydrogen-bond donors (Lipinski definition) is 10. The third-order valence-electron chi connectivity index (χ3n) is 19.0. The van der Waals surface area contributed by atoms with Gasteiger partial charge in [-0.05, 0) is 104 Å². The molecule has 17 heteroatoms. The van der Waals surface area contributed by atoms with Gasteiger partial charge in [0.2, 0.25) is 0 Å². The van der Waals surface area contributed by atoms with Gasteiger partial charge < -0.3 is 79.5 Å². The van der Waals surface area contributed by atoms with E-state index in [0.717, 1.165) is 44.9 Å². The van der Waals surface area contributed by atoms with E-state index in [1.807, 2.05) is 0 Å². The van der Waals surface area contributed by atoms with Crippen LogP contribution in [0.1, 0.15) is 113 Å². The molecule has 366 valence electrons. The fraction of sp³-hybridized carbons (Fsp3) is 0.936. The van der Waals surface area contributed by atoms with Crippen molar-refractivity contribution in [2.75, 3.05) is 13.2 Å². The number of aliphatic carboxylic acids is 1. The Kier molecular flexibility index (Phi) is 13.0. The molecule has 0 bridgehead atoms. The number of aliphatic hydroxyl groups is 9. The van der Waals surface area contributed by atoms with E-state index in [1.165, 1.54) is 12.5 Å². The topological polar surface area (TPSA) is 275 Å². The van der Waals surface area contributed by atoms with Crippen LogP contribution in [0.3, 0.4) is 0 Å². The Hall–Kier alpha value is -1.39. The number of rotatable bonds is 8. The molecular formula is C47H76O17. The van der Waals surface area contributed by atoms with Crippen molar-refractivity contribution in [2.45, 2.75) is 211 Å². The average molecular weight is 913 g/mol. The molecule has 0 radical (unpaired) electrons. The van der Waals surface area contributed by atoms with Crippen LogP contribution in [0.25, 0.3) is 0 Å². The van der Waals surface area contributed by atoms with Crippen LogP contribution in [-0.4, -0.2) is 168 Å². The maximum atomic E-state index is 12.4. The van der Waals surface area contributed by atoms with Crippen LogP contribution in [0, 0.1) is 50.2 Å². The van der Waals surface area contributed by atoms with Gasteiger partial charge in [0, 0.05) is 17.4 Å². The minimum atomic E-state index is -1.99. The fourth-order valence-corrected chi connectivity index (χ4v) is 14.8. The van der Waals surface area contributed by atoms with E-state index in [-0.39, 0.29) is 52.1 Å². The molecule has 17 nitrogen and oxygen atoms in total. The zero-order valence-electron chi connectivity index (χ0n) is 38.7. The average Bonchev–Trinajstić information content (AvgIpc) is 3.22. The predicted molar refractivity (Wildman–Crippen MR) is 225 cm³/mol. The molecule has 5 aliphatic carbocycles. The highest BCUT2D eigenvalue weighted by Gasteiger charge is 2.70. The lowest BCUT2D eigenvalue weighted by Crippen LogP contribution is -2.68. The Bertz CT molecular complexity index is 1760. The number of fused-ring (bicyclic) bond motifs is 7. The summed E-state index contributed by atoms with van der Waals surface area (Å²) in [6.45, 7) is 16.8. The molecule has 3 heterocycles. The van der Waals surface area contributed by atoms with Gasteiger partial charge in [0.15, 0.2) is 25.0 Å². The summed E-state index contributed by atoms with van der Waals surface area (Å²) in [5.74, 6) is -1.19. The van der Waals surface area contributed by atoms with Gasteiger partial charge in [0.25, 0.3) is 0 Å². The third kappa shape index (κ3) is 7.49. The molecule has 0 unspecified atom stereocenters. The lowest BCUT2D eigenvalue weighted by Gasteiger charge is -2.72. The summed E-state index contributed by atoms with van der Waals surface area (Å²) in [6.07, 6.45) is -14.5. The highest BCUT2D eigenvalue weighted by Crippen LogP contribution is 2.76. The molecule has 0 aromatic heterocycles. The van der Waals surface area contributed by atoms with Crippen LogP contribution in [0.2, 0.25) is 0 Å². The second-order valence-corrected chi connectivity index (χ2v) is 23.2. The van der Waals surface area contributed by atoms with Crippen molar-refractivity contribution in [1.29, 1.82) is 0 Å². The van der Waals surface area contributed by atoms with Crippen LogP contribution < -0.4 is 0 Å². The van der Waals surface area contributed by atoms with Crippen molar-refractivity contribution in [2.24, 2.45) is 50.2 Å². The van der Waals surface area contributed by atoms with E-state index < -0.39 is 116 Å². The van der Waals surface area contributed by atoms with Gasteiger partial charge in [-0.2, -0.15) is 0 Å². The first-order valence-corrected chi connectivity index (χ1v) is 23.7. The quantitative estimate of drug-likeness (QED) is 0.122. The summed E-state index contributed by atoms with van der Waals surface area (Å²) in [6, 6.07) is 0. The van der Waals surface area contributed by atoms with E-state index in [4.69, 9.17) is 28.4 Å². The van der Waals surface area contributed by atoms with Crippen LogP contribution in [0.5, 0.6) is 0 Å². The summed E-state index contributed by atoms with van der Waals surface area (Å²) in [7, 11) is 0. The number of allylic oxidation sites excluding steroid dienone is 2. The molecule has 0 aromatic rings. The summed E-state index contributed by atoms with van der Waals surface area (Å²) in [5, 5.41) is 109.